The molecule has 4 rings (SSSR count). The van der Waals surface area contributed by atoms with Crippen molar-refractivity contribution in [2.75, 3.05) is 29.9 Å². The lowest BCUT2D eigenvalue weighted by Crippen LogP contribution is -2.37. The Morgan fingerprint density at radius 2 is 1.69 bits per heavy atom. The zero-order valence-electron chi connectivity index (χ0n) is 18.6. The Labute approximate surface area is 190 Å². The molecule has 1 aliphatic heterocycles. The Bertz CT molecular complexity index is 904. The topological polar surface area (TPSA) is 70.7 Å². The predicted octanol–water partition coefficient (Wildman–Crippen LogP) is 4.50. The van der Waals surface area contributed by atoms with Crippen molar-refractivity contribution in [2.24, 2.45) is 0 Å². The van der Waals surface area contributed by atoms with Crippen LogP contribution in [-0.4, -0.2) is 37.6 Å². The first kappa shape index (κ1) is 22.3. The Kier molecular flexibility index (Phi) is 7.77. The van der Waals surface area contributed by atoms with E-state index in [0.717, 1.165) is 50.0 Å². The van der Waals surface area contributed by atoms with Crippen LogP contribution in [0.5, 0.6) is 0 Å². The minimum Gasteiger partial charge on any atom is -0.371 e. The number of amides is 2. The van der Waals surface area contributed by atoms with Gasteiger partial charge in [-0.1, -0.05) is 49.6 Å². The summed E-state index contributed by atoms with van der Waals surface area (Å²) in [5, 5.41) is 6.11. The minimum atomic E-state index is -0.228. The number of nitrogens with one attached hydrogen (secondary N) is 2. The summed E-state index contributed by atoms with van der Waals surface area (Å²) < 4.78 is 5.54. The van der Waals surface area contributed by atoms with Gasteiger partial charge in [0, 0.05) is 30.5 Å². The molecule has 1 saturated heterocycles. The van der Waals surface area contributed by atoms with Gasteiger partial charge >= 0.3 is 0 Å². The molecule has 32 heavy (non-hydrogen) atoms. The Balaban J connectivity index is 1.41. The first-order valence-electron chi connectivity index (χ1n) is 11.8. The molecular formula is C26H33N3O3. The fraction of sp³-hybridized carbons (Fsp3) is 0.462. The van der Waals surface area contributed by atoms with Crippen LogP contribution in [-0.2, 0) is 16.1 Å². The van der Waals surface area contributed by atoms with Crippen LogP contribution in [0, 0.1) is 0 Å². The lowest BCUT2D eigenvalue weighted by molar-refractivity contribution is -0.121. The van der Waals surface area contributed by atoms with Crippen LogP contribution in [0.3, 0.4) is 0 Å². The highest BCUT2D eigenvalue weighted by atomic mass is 16.5. The van der Waals surface area contributed by atoms with E-state index in [-0.39, 0.29) is 24.5 Å². The van der Waals surface area contributed by atoms with E-state index < -0.39 is 0 Å². The predicted molar refractivity (Wildman–Crippen MR) is 127 cm³/mol. The van der Waals surface area contributed by atoms with E-state index in [1.165, 1.54) is 19.3 Å². The van der Waals surface area contributed by atoms with Crippen LogP contribution in [0.4, 0.5) is 11.4 Å². The number of benzene rings is 2. The Hall–Kier alpha value is -2.86. The number of nitrogens with zero attached hydrogens (tertiary/aromatic N) is 1. The summed E-state index contributed by atoms with van der Waals surface area (Å²) in [6.07, 6.45) is 7.95. The molecule has 1 aliphatic carbocycles. The monoisotopic (exact) mass is 435 g/mol. The number of rotatable bonds is 8. The van der Waals surface area contributed by atoms with E-state index in [1.54, 1.807) is 6.07 Å². The lowest BCUT2D eigenvalue weighted by atomic mass is 9.95. The highest BCUT2D eigenvalue weighted by molar-refractivity contribution is 6.02. The van der Waals surface area contributed by atoms with Crippen LogP contribution in [0.1, 0.15) is 60.9 Å². The van der Waals surface area contributed by atoms with Crippen LogP contribution in [0.15, 0.2) is 48.5 Å². The van der Waals surface area contributed by atoms with Gasteiger partial charge in [0.25, 0.3) is 5.91 Å². The second-order valence-corrected chi connectivity index (χ2v) is 8.76. The van der Waals surface area contributed by atoms with E-state index >= 15 is 0 Å². The lowest BCUT2D eigenvalue weighted by Gasteiger charge is -2.25. The standard InChI is InChI=1S/C26H33N3O3/c30-25(19-32-18-20-9-3-1-4-10-20)27-22-13-14-24(29-15-7-8-16-29)23(17-22)26(31)28-21-11-5-2-6-12-21/h1,3-4,9-10,13-14,17,21H,2,5-8,11-12,15-16,18-19H2,(H,27,30)(H,28,31). The maximum absolute atomic E-state index is 13.2. The molecule has 2 aromatic rings. The number of ether oxygens (including phenoxy) is 1. The van der Waals surface area contributed by atoms with Crippen molar-refractivity contribution in [1.29, 1.82) is 0 Å². The summed E-state index contributed by atoms with van der Waals surface area (Å²) >= 11 is 0. The summed E-state index contributed by atoms with van der Waals surface area (Å²) in [6.45, 7) is 2.27. The quantitative estimate of drug-likeness (QED) is 0.640. The number of hydrogen-bond donors (Lipinski definition) is 2. The molecule has 170 valence electrons. The van der Waals surface area contributed by atoms with Gasteiger partial charge in [-0.2, -0.15) is 0 Å². The molecular weight excluding hydrogens is 402 g/mol. The second-order valence-electron chi connectivity index (χ2n) is 8.76. The maximum Gasteiger partial charge on any atom is 0.253 e. The van der Waals surface area contributed by atoms with Gasteiger partial charge in [-0.25, -0.2) is 0 Å². The van der Waals surface area contributed by atoms with Crippen LogP contribution < -0.4 is 15.5 Å². The SMILES string of the molecule is O=C(COCc1ccccc1)Nc1ccc(N2CCCC2)c(C(=O)NC2CCCCC2)c1. The van der Waals surface area contributed by atoms with Crippen molar-refractivity contribution in [2.45, 2.75) is 57.6 Å². The molecule has 2 aromatic carbocycles. The first-order valence-corrected chi connectivity index (χ1v) is 11.8. The van der Waals surface area contributed by atoms with E-state index in [1.807, 2.05) is 42.5 Å². The average molecular weight is 436 g/mol. The second kappa shape index (κ2) is 11.1. The number of hydrogen-bond acceptors (Lipinski definition) is 4. The number of carbonyl (C=O) groups is 2. The molecule has 2 fully saturated rings. The van der Waals surface area contributed by atoms with E-state index in [2.05, 4.69) is 15.5 Å². The van der Waals surface area contributed by atoms with E-state index in [0.29, 0.717) is 17.9 Å². The summed E-state index contributed by atoms with van der Waals surface area (Å²) in [4.78, 5) is 27.8. The third-order valence-electron chi connectivity index (χ3n) is 6.26. The van der Waals surface area contributed by atoms with Gasteiger partial charge in [-0.15, -0.1) is 0 Å². The Morgan fingerprint density at radius 3 is 2.44 bits per heavy atom. The fourth-order valence-electron chi connectivity index (χ4n) is 4.57. The third kappa shape index (κ3) is 6.10. The van der Waals surface area contributed by atoms with Crippen molar-refractivity contribution < 1.29 is 14.3 Å². The molecule has 0 spiro atoms. The number of carbonyl (C=O) groups excluding carboxylic acids is 2. The minimum absolute atomic E-state index is 0.0353. The van der Waals surface area contributed by atoms with E-state index in [4.69, 9.17) is 4.74 Å². The van der Waals surface area contributed by atoms with Gasteiger partial charge in [0.05, 0.1) is 12.2 Å². The average Bonchev–Trinajstić information content (AvgIpc) is 3.35. The van der Waals surface area contributed by atoms with Gasteiger partial charge in [0.15, 0.2) is 0 Å². The highest BCUT2D eigenvalue weighted by Crippen LogP contribution is 2.28. The van der Waals surface area contributed by atoms with Gasteiger partial charge < -0.3 is 20.3 Å². The maximum atomic E-state index is 13.2. The highest BCUT2D eigenvalue weighted by Gasteiger charge is 2.23. The van der Waals surface area contributed by atoms with Crippen LogP contribution in [0.25, 0.3) is 0 Å². The van der Waals surface area contributed by atoms with Crippen molar-refractivity contribution >= 4 is 23.2 Å². The van der Waals surface area contributed by atoms with Crippen LogP contribution in [0.2, 0.25) is 0 Å². The molecule has 6 heteroatoms. The molecule has 2 aliphatic rings. The van der Waals surface area contributed by atoms with Crippen molar-refractivity contribution in [3.63, 3.8) is 0 Å². The molecule has 2 amide bonds. The Morgan fingerprint density at radius 1 is 0.938 bits per heavy atom. The molecule has 0 radical (unpaired) electrons. The van der Waals surface area contributed by atoms with Gasteiger partial charge in [0.1, 0.15) is 6.61 Å². The zero-order chi connectivity index (χ0) is 22.2. The summed E-state index contributed by atoms with van der Waals surface area (Å²) in [7, 11) is 0. The molecule has 0 aromatic heterocycles. The van der Waals surface area contributed by atoms with Gasteiger partial charge in [-0.05, 0) is 49.4 Å². The zero-order valence-corrected chi connectivity index (χ0v) is 18.6. The molecule has 0 bridgehead atoms. The summed E-state index contributed by atoms with van der Waals surface area (Å²) in [5.41, 5.74) is 3.24. The molecule has 6 nitrogen and oxygen atoms in total. The molecule has 0 unspecified atom stereocenters. The summed E-state index contributed by atoms with van der Waals surface area (Å²) in [5.74, 6) is -0.274. The molecule has 0 atom stereocenters. The molecule has 1 saturated carbocycles. The van der Waals surface area contributed by atoms with Crippen molar-refractivity contribution in [1.82, 2.24) is 5.32 Å². The third-order valence-corrected chi connectivity index (χ3v) is 6.26. The van der Waals surface area contributed by atoms with Gasteiger partial charge in [0.2, 0.25) is 5.91 Å². The molecule has 1 heterocycles. The number of anilines is 2. The van der Waals surface area contributed by atoms with Crippen LogP contribution >= 0.6 is 0 Å². The largest absolute Gasteiger partial charge is 0.371 e. The molecule has 2 N–H and O–H groups in total. The fourth-order valence-corrected chi connectivity index (χ4v) is 4.57. The van der Waals surface area contributed by atoms with Crippen molar-refractivity contribution in [3.8, 4) is 0 Å². The van der Waals surface area contributed by atoms with E-state index in [9.17, 15) is 9.59 Å². The first-order chi connectivity index (χ1) is 15.7. The van der Waals surface area contributed by atoms with Gasteiger partial charge in [-0.3, -0.25) is 9.59 Å². The summed E-state index contributed by atoms with van der Waals surface area (Å²) in [6, 6.07) is 15.7. The smallest absolute Gasteiger partial charge is 0.253 e. The normalized spacial score (nSPS) is 16.7. The van der Waals surface area contributed by atoms with Crippen molar-refractivity contribution in [3.05, 3.63) is 59.7 Å².